The standard InChI is InChI=1S/C16H23BrN2O/c1-3-18-10-12(2)16(20)19(14-8-9-14)11-13-6-4-5-7-15(13)17/h4-7,12,14,18H,3,8-11H2,1-2H3. The zero-order valence-corrected chi connectivity index (χ0v) is 13.8. The fourth-order valence-corrected chi connectivity index (χ4v) is 2.72. The summed E-state index contributed by atoms with van der Waals surface area (Å²) in [6, 6.07) is 8.59. The number of nitrogens with zero attached hydrogens (tertiary/aromatic N) is 1. The average molecular weight is 339 g/mol. The minimum atomic E-state index is 0.0398. The Hall–Kier alpha value is -0.870. The third kappa shape index (κ3) is 4.06. The molecule has 1 aromatic carbocycles. The van der Waals surface area contributed by atoms with E-state index < -0.39 is 0 Å². The highest BCUT2D eigenvalue weighted by molar-refractivity contribution is 9.10. The summed E-state index contributed by atoms with van der Waals surface area (Å²) in [5.41, 5.74) is 1.18. The molecule has 2 rings (SSSR count). The predicted octanol–water partition coefficient (Wildman–Crippen LogP) is 3.19. The molecule has 1 amide bonds. The topological polar surface area (TPSA) is 32.3 Å². The van der Waals surface area contributed by atoms with Gasteiger partial charge >= 0.3 is 0 Å². The number of hydrogen-bond acceptors (Lipinski definition) is 2. The van der Waals surface area contributed by atoms with Crippen molar-refractivity contribution in [1.82, 2.24) is 10.2 Å². The average Bonchev–Trinajstić information content (AvgIpc) is 3.27. The van der Waals surface area contributed by atoms with Gasteiger partial charge in [-0.2, -0.15) is 0 Å². The van der Waals surface area contributed by atoms with Crippen molar-refractivity contribution in [2.75, 3.05) is 13.1 Å². The molecule has 1 aliphatic carbocycles. The van der Waals surface area contributed by atoms with E-state index in [1.165, 1.54) is 5.56 Å². The zero-order chi connectivity index (χ0) is 14.5. The molecule has 0 bridgehead atoms. The molecular weight excluding hydrogens is 316 g/mol. The van der Waals surface area contributed by atoms with Gasteiger partial charge < -0.3 is 10.2 Å². The molecule has 1 saturated carbocycles. The molecule has 1 fully saturated rings. The van der Waals surface area contributed by atoms with Gasteiger partial charge in [0.15, 0.2) is 0 Å². The van der Waals surface area contributed by atoms with Gasteiger partial charge in [-0.3, -0.25) is 4.79 Å². The quantitative estimate of drug-likeness (QED) is 0.828. The fourth-order valence-electron chi connectivity index (χ4n) is 2.31. The molecule has 1 N–H and O–H groups in total. The van der Waals surface area contributed by atoms with Crippen LogP contribution < -0.4 is 5.32 Å². The van der Waals surface area contributed by atoms with Gasteiger partial charge in [0.2, 0.25) is 5.91 Å². The maximum Gasteiger partial charge on any atom is 0.227 e. The van der Waals surface area contributed by atoms with Crippen LogP contribution in [0.2, 0.25) is 0 Å². The van der Waals surface area contributed by atoms with Crippen molar-refractivity contribution in [2.45, 2.75) is 39.3 Å². The summed E-state index contributed by atoms with van der Waals surface area (Å²) in [6.45, 7) is 6.46. The van der Waals surface area contributed by atoms with Crippen LogP contribution in [0.15, 0.2) is 28.7 Å². The first-order valence-corrected chi connectivity index (χ1v) is 8.17. The van der Waals surface area contributed by atoms with Gasteiger partial charge in [-0.25, -0.2) is 0 Å². The summed E-state index contributed by atoms with van der Waals surface area (Å²) in [6.07, 6.45) is 2.29. The number of hydrogen-bond donors (Lipinski definition) is 1. The maximum absolute atomic E-state index is 12.6. The number of carbonyl (C=O) groups is 1. The smallest absolute Gasteiger partial charge is 0.227 e. The van der Waals surface area contributed by atoms with E-state index in [1.807, 2.05) is 25.1 Å². The minimum absolute atomic E-state index is 0.0398. The molecule has 0 aliphatic heterocycles. The van der Waals surface area contributed by atoms with E-state index in [1.54, 1.807) is 0 Å². The van der Waals surface area contributed by atoms with Gasteiger partial charge in [0.05, 0.1) is 0 Å². The molecule has 1 unspecified atom stereocenters. The largest absolute Gasteiger partial charge is 0.335 e. The van der Waals surface area contributed by atoms with E-state index in [0.29, 0.717) is 12.6 Å². The number of halogens is 1. The molecule has 0 saturated heterocycles. The molecule has 0 radical (unpaired) electrons. The van der Waals surface area contributed by atoms with Crippen LogP contribution in [-0.4, -0.2) is 29.9 Å². The second-order valence-electron chi connectivity index (χ2n) is 5.50. The molecule has 4 heteroatoms. The predicted molar refractivity (Wildman–Crippen MR) is 85.4 cm³/mol. The summed E-state index contributed by atoms with van der Waals surface area (Å²) in [5, 5.41) is 3.26. The first-order chi connectivity index (χ1) is 9.63. The van der Waals surface area contributed by atoms with Crippen LogP contribution in [0, 0.1) is 5.92 Å². The van der Waals surface area contributed by atoms with Crippen molar-refractivity contribution in [3.05, 3.63) is 34.3 Å². The normalized spacial score (nSPS) is 15.9. The zero-order valence-electron chi connectivity index (χ0n) is 12.2. The minimum Gasteiger partial charge on any atom is -0.335 e. The lowest BCUT2D eigenvalue weighted by Crippen LogP contribution is -2.40. The Morgan fingerprint density at radius 3 is 2.75 bits per heavy atom. The summed E-state index contributed by atoms with van der Waals surface area (Å²) in [7, 11) is 0. The monoisotopic (exact) mass is 338 g/mol. The summed E-state index contributed by atoms with van der Waals surface area (Å²) in [5.74, 6) is 0.308. The second-order valence-corrected chi connectivity index (χ2v) is 6.35. The molecule has 0 aromatic heterocycles. The number of amides is 1. The van der Waals surface area contributed by atoms with Gasteiger partial charge in [0.25, 0.3) is 0 Å². The van der Waals surface area contributed by atoms with Crippen LogP contribution in [0.5, 0.6) is 0 Å². The molecule has 3 nitrogen and oxygen atoms in total. The van der Waals surface area contributed by atoms with E-state index in [9.17, 15) is 4.79 Å². The van der Waals surface area contributed by atoms with Crippen LogP contribution in [0.25, 0.3) is 0 Å². The third-order valence-corrected chi connectivity index (χ3v) is 4.46. The third-order valence-electron chi connectivity index (χ3n) is 3.69. The van der Waals surface area contributed by atoms with Crippen molar-refractivity contribution in [3.63, 3.8) is 0 Å². The van der Waals surface area contributed by atoms with Crippen molar-refractivity contribution < 1.29 is 4.79 Å². The molecule has 1 aliphatic rings. The number of benzene rings is 1. The van der Waals surface area contributed by atoms with E-state index >= 15 is 0 Å². The highest BCUT2D eigenvalue weighted by atomic mass is 79.9. The summed E-state index contributed by atoms with van der Waals surface area (Å²) in [4.78, 5) is 14.7. The van der Waals surface area contributed by atoms with E-state index in [0.717, 1.165) is 30.4 Å². The lowest BCUT2D eigenvalue weighted by atomic mass is 10.1. The number of nitrogens with one attached hydrogen (secondary N) is 1. The van der Waals surface area contributed by atoms with E-state index in [4.69, 9.17) is 0 Å². The van der Waals surface area contributed by atoms with E-state index in [-0.39, 0.29) is 11.8 Å². The summed E-state index contributed by atoms with van der Waals surface area (Å²) >= 11 is 3.57. The van der Waals surface area contributed by atoms with Crippen LogP contribution >= 0.6 is 15.9 Å². The SMILES string of the molecule is CCNCC(C)C(=O)N(Cc1ccccc1Br)C1CC1. The molecule has 0 heterocycles. The van der Waals surface area contributed by atoms with Crippen LogP contribution in [0.3, 0.4) is 0 Å². The number of rotatable bonds is 7. The van der Waals surface area contributed by atoms with Gasteiger partial charge in [-0.15, -0.1) is 0 Å². The highest BCUT2D eigenvalue weighted by Gasteiger charge is 2.34. The lowest BCUT2D eigenvalue weighted by Gasteiger charge is -2.26. The Morgan fingerprint density at radius 2 is 2.15 bits per heavy atom. The molecule has 110 valence electrons. The Labute approximate surface area is 129 Å². The van der Waals surface area contributed by atoms with Crippen molar-refractivity contribution in [3.8, 4) is 0 Å². The first-order valence-electron chi connectivity index (χ1n) is 7.38. The Morgan fingerprint density at radius 1 is 1.45 bits per heavy atom. The lowest BCUT2D eigenvalue weighted by molar-refractivity contribution is -0.136. The van der Waals surface area contributed by atoms with E-state index in [2.05, 4.69) is 39.1 Å². The molecule has 1 aromatic rings. The van der Waals surface area contributed by atoms with Gasteiger partial charge in [0.1, 0.15) is 0 Å². The molecular formula is C16H23BrN2O. The number of carbonyl (C=O) groups excluding carboxylic acids is 1. The van der Waals surface area contributed by atoms with Crippen molar-refractivity contribution >= 4 is 21.8 Å². The van der Waals surface area contributed by atoms with Gasteiger partial charge in [-0.05, 0) is 31.0 Å². The van der Waals surface area contributed by atoms with Gasteiger partial charge in [0, 0.05) is 29.5 Å². The van der Waals surface area contributed by atoms with Gasteiger partial charge in [-0.1, -0.05) is 48.0 Å². The Kier molecular flexibility index (Phi) is 5.61. The van der Waals surface area contributed by atoms with Crippen LogP contribution in [0.4, 0.5) is 0 Å². The molecule has 1 atom stereocenters. The summed E-state index contributed by atoms with van der Waals surface area (Å²) < 4.78 is 1.08. The second kappa shape index (κ2) is 7.23. The maximum atomic E-state index is 12.6. The van der Waals surface area contributed by atoms with Crippen molar-refractivity contribution in [2.24, 2.45) is 5.92 Å². The van der Waals surface area contributed by atoms with Crippen LogP contribution in [0.1, 0.15) is 32.3 Å². The molecule has 0 spiro atoms. The first kappa shape index (κ1) is 15.5. The molecule has 20 heavy (non-hydrogen) atoms. The highest BCUT2D eigenvalue weighted by Crippen LogP contribution is 2.31. The van der Waals surface area contributed by atoms with Crippen molar-refractivity contribution in [1.29, 1.82) is 0 Å². The van der Waals surface area contributed by atoms with Crippen LogP contribution in [-0.2, 0) is 11.3 Å². The Balaban J connectivity index is 2.04. The fraction of sp³-hybridized carbons (Fsp3) is 0.562. The Bertz CT molecular complexity index is 460.